The fraction of sp³-hybridized carbons (Fsp3) is 0.667. The van der Waals surface area contributed by atoms with Gasteiger partial charge in [0.2, 0.25) is 0 Å². The highest BCUT2D eigenvalue weighted by molar-refractivity contribution is 5.24. The van der Waals surface area contributed by atoms with Crippen LogP contribution < -0.4 is 5.32 Å². The summed E-state index contributed by atoms with van der Waals surface area (Å²) in [7, 11) is 0. The normalized spacial score (nSPS) is 35.3. The molecule has 3 unspecified atom stereocenters. The Morgan fingerprint density at radius 1 is 1.25 bits per heavy atom. The van der Waals surface area contributed by atoms with Gasteiger partial charge in [-0.3, -0.25) is 4.90 Å². The molecule has 2 fully saturated rings. The number of hydrogen-bond donors (Lipinski definition) is 1. The van der Waals surface area contributed by atoms with Gasteiger partial charge in [0, 0.05) is 26.2 Å². The van der Waals surface area contributed by atoms with Crippen LogP contribution in [0.5, 0.6) is 0 Å². The van der Waals surface area contributed by atoms with Crippen LogP contribution in [0.1, 0.15) is 38.7 Å². The lowest BCUT2D eigenvalue weighted by molar-refractivity contribution is 0.124. The summed E-state index contributed by atoms with van der Waals surface area (Å²) < 4.78 is 0. The Labute approximate surface area is 123 Å². The first-order valence-electron chi connectivity index (χ1n) is 8.19. The highest BCUT2D eigenvalue weighted by Gasteiger charge is 2.33. The molecule has 20 heavy (non-hydrogen) atoms. The standard InChI is InChI=1S/C18H28N2/c1-15-8-9-16(12-15)13-20-11-10-19-18(2,14-20)17-6-4-3-5-7-17/h3-7,15-16,19H,8-14H2,1-2H3. The summed E-state index contributed by atoms with van der Waals surface area (Å²) in [5.74, 6) is 1.88. The third-order valence-electron chi connectivity index (χ3n) is 5.21. The van der Waals surface area contributed by atoms with Gasteiger partial charge >= 0.3 is 0 Å². The Hall–Kier alpha value is -0.860. The molecule has 110 valence electrons. The second kappa shape index (κ2) is 5.87. The van der Waals surface area contributed by atoms with Crippen LogP contribution in [0.25, 0.3) is 0 Å². The minimum absolute atomic E-state index is 0.115. The zero-order valence-electron chi connectivity index (χ0n) is 12.9. The van der Waals surface area contributed by atoms with Crippen molar-refractivity contribution in [2.45, 2.75) is 38.6 Å². The molecule has 0 spiro atoms. The van der Waals surface area contributed by atoms with Crippen molar-refractivity contribution in [3.05, 3.63) is 35.9 Å². The van der Waals surface area contributed by atoms with Gasteiger partial charge in [-0.1, -0.05) is 43.7 Å². The number of piperazine rings is 1. The fourth-order valence-corrected chi connectivity index (χ4v) is 4.08. The van der Waals surface area contributed by atoms with Crippen molar-refractivity contribution in [3.63, 3.8) is 0 Å². The van der Waals surface area contributed by atoms with Crippen LogP contribution in [0.3, 0.4) is 0 Å². The van der Waals surface area contributed by atoms with E-state index < -0.39 is 0 Å². The van der Waals surface area contributed by atoms with Gasteiger partial charge in [0.05, 0.1) is 5.54 Å². The average molecular weight is 272 g/mol. The molecule has 1 aliphatic carbocycles. The molecule has 0 amide bonds. The van der Waals surface area contributed by atoms with E-state index in [1.807, 2.05) is 0 Å². The molecule has 2 nitrogen and oxygen atoms in total. The minimum atomic E-state index is 0.115. The van der Waals surface area contributed by atoms with E-state index in [2.05, 4.69) is 54.4 Å². The molecule has 1 aromatic rings. The van der Waals surface area contributed by atoms with Crippen molar-refractivity contribution in [1.29, 1.82) is 0 Å². The zero-order chi connectivity index (χ0) is 14.0. The Balaban J connectivity index is 1.64. The smallest absolute Gasteiger partial charge is 0.0535 e. The molecule has 1 aromatic carbocycles. The SMILES string of the molecule is CC1CCC(CN2CCNC(C)(c3ccccc3)C2)C1. The Morgan fingerprint density at radius 3 is 2.75 bits per heavy atom. The third-order valence-corrected chi connectivity index (χ3v) is 5.21. The molecule has 1 aliphatic heterocycles. The monoisotopic (exact) mass is 272 g/mol. The molecule has 2 aliphatic rings. The molecular weight excluding hydrogens is 244 g/mol. The largest absolute Gasteiger partial charge is 0.305 e. The van der Waals surface area contributed by atoms with Crippen LogP contribution in [0.15, 0.2) is 30.3 Å². The maximum Gasteiger partial charge on any atom is 0.0535 e. The van der Waals surface area contributed by atoms with Crippen LogP contribution in [-0.2, 0) is 5.54 Å². The molecular formula is C18H28N2. The molecule has 3 atom stereocenters. The molecule has 1 heterocycles. The van der Waals surface area contributed by atoms with Crippen molar-refractivity contribution < 1.29 is 0 Å². The van der Waals surface area contributed by atoms with E-state index in [4.69, 9.17) is 0 Å². The Morgan fingerprint density at radius 2 is 2.05 bits per heavy atom. The van der Waals surface area contributed by atoms with Gasteiger partial charge in [0.25, 0.3) is 0 Å². The molecule has 1 saturated carbocycles. The number of nitrogens with one attached hydrogen (secondary N) is 1. The summed E-state index contributed by atoms with van der Waals surface area (Å²) in [6.07, 6.45) is 4.31. The van der Waals surface area contributed by atoms with Crippen molar-refractivity contribution in [1.82, 2.24) is 10.2 Å². The zero-order valence-corrected chi connectivity index (χ0v) is 12.9. The van der Waals surface area contributed by atoms with Crippen LogP contribution in [0.2, 0.25) is 0 Å². The second-order valence-electron chi connectivity index (χ2n) is 7.14. The van der Waals surface area contributed by atoms with E-state index in [1.54, 1.807) is 0 Å². The topological polar surface area (TPSA) is 15.3 Å². The first-order valence-corrected chi connectivity index (χ1v) is 8.19. The van der Waals surface area contributed by atoms with Gasteiger partial charge < -0.3 is 5.32 Å². The Kier molecular flexibility index (Phi) is 4.13. The molecule has 1 saturated heterocycles. The summed E-state index contributed by atoms with van der Waals surface area (Å²) in [5.41, 5.74) is 1.54. The van der Waals surface area contributed by atoms with Crippen molar-refractivity contribution in [3.8, 4) is 0 Å². The maximum atomic E-state index is 3.73. The van der Waals surface area contributed by atoms with E-state index in [-0.39, 0.29) is 5.54 Å². The van der Waals surface area contributed by atoms with Gasteiger partial charge in [0.15, 0.2) is 0 Å². The van der Waals surface area contributed by atoms with Gasteiger partial charge in [-0.15, -0.1) is 0 Å². The van der Waals surface area contributed by atoms with Crippen LogP contribution in [-0.4, -0.2) is 31.1 Å². The molecule has 0 aromatic heterocycles. The molecule has 3 rings (SSSR count). The fourth-order valence-electron chi connectivity index (χ4n) is 4.08. The highest BCUT2D eigenvalue weighted by atomic mass is 15.2. The summed E-state index contributed by atoms with van der Waals surface area (Å²) in [6, 6.07) is 10.9. The van der Waals surface area contributed by atoms with E-state index in [1.165, 1.54) is 37.9 Å². The van der Waals surface area contributed by atoms with Gasteiger partial charge in [0.1, 0.15) is 0 Å². The van der Waals surface area contributed by atoms with E-state index in [0.717, 1.165) is 24.9 Å². The first-order chi connectivity index (χ1) is 9.66. The van der Waals surface area contributed by atoms with Crippen molar-refractivity contribution in [2.75, 3.05) is 26.2 Å². The lowest BCUT2D eigenvalue weighted by atomic mass is 9.89. The summed E-state index contributed by atoms with van der Waals surface area (Å²) in [4.78, 5) is 2.69. The summed E-state index contributed by atoms with van der Waals surface area (Å²) in [5, 5.41) is 3.73. The van der Waals surface area contributed by atoms with Crippen molar-refractivity contribution >= 4 is 0 Å². The number of benzene rings is 1. The summed E-state index contributed by atoms with van der Waals surface area (Å²) in [6.45, 7) is 9.51. The van der Waals surface area contributed by atoms with Crippen LogP contribution in [0, 0.1) is 11.8 Å². The number of rotatable bonds is 3. The average Bonchev–Trinajstić information content (AvgIpc) is 2.85. The van der Waals surface area contributed by atoms with Crippen molar-refractivity contribution in [2.24, 2.45) is 11.8 Å². The van der Waals surface area contributed by atoms with E-state index >= 15 is 0 Å². The molecule has 0 radical (unpaired) electrons. The molecule has 0 bridgehead atoms. The number of hydrogen-bond acceptors (Lipinski definition) is 2. The van der Waals surface area contributed by atoms with Gasteiger partial charge in [-0.2, -0.15) is 0 Å². The second-order valence-corrected chi connectivity index (χ2v) is 7.14. The predicted molar refractivity (Wildman–Crippen MR) is 84.7 cm³/mol. The maximum absolute atomic E-state index is 3.73. The molecule has 1 N–H and O–H groups in total. The lowest BCUT2D eigenvalue weighted by Crippen LogP contribution is -2.57. The van der Waals surface area contributed by atoms with E-state index in [0.29, 0.717) is 0 Å². The third kappa shape index (κ3) is 3.07. The summed E-state index contributed by atoms with van der Waals surface area (Å²) >= 11 is 0. The highest BCUT2D eigenvalue weighted by Crippen LogP contribution is 2.32. The van der Waals surface area contributed by atoms with Gasteiger partial charge in [-0.05, 0) is 37.2 Å². The number of nitrogens with zero attached hydrogens (tertiary/aromatic N) is 1. The minimum Gasteiger partial charge on any atom is -0.305 e. The van der Waals surface area contributed by atoms with E-state index in [9.17, 15) is 0 Å². The molecule has 2 heteroatoms. The predicted octanol–water partition coefficient (Wildman–Crippen LogP) is 3.24. The lowest BCUT2D eigenvalue weighted by Gasteiger charge is -2.42. The quantitative estimate of drug-likeness (QED) is 0.908. The Bertz CT molecular complexity index is 430. The first kappa shape index (κ1) is 14.1. The van der Waals surface area contributed by atoms with Gasteiger partial charge in [-0.25, -0.2) is 0 Å². The van der Waals surface area contributed by atoms with Crippen LogP contribution in [0.4, 0.5) is 0 Å². The van der Waals surface area contributed by atoms with Crippen LogP contribution >= 0.6 is 0 Å².